The first-order valence-electron chi connectivity index (χ1n) is 11.4. The summed E-state index contributed by atoms with van der Waals surface area (Å²) in [6.07, 6.45) is 4.98. The van der Waals surface area contributed by atoms with E-state index < -0.39 is 6.04 Å². The lowest BCUT2D eigenvalue weighted by Gasteiger charge is -2.31. The van der Waals surface area contributed by atoms with Gasteiger partial charge in [0.25, 0.3) is 0 Å². The molecule has 1 N–H and O–H groups in total. The van der Waals surface area contributed by atoms with E-state index in [1.165, 1.54) is 0 Å². The molecule has 2 aromatic rings. The highest BCUT2D eigenvalue weighted by molar-refractivity contribution is 7.99. The molecule has 0 spiro atoms. The number of hydrogen-bond acceptors (Lipinski definition) is 3. The number of nitrogens with zero attached hydrogens (tertiary/aromatic N) is 1. The van der Waals surface area contributed by atoms with Crippen molar-refractivity contribution in [3.8, 4) is 0 Å². The maximum Gasteiger partial charge on any atom is 0.243 e. The molecule has 1 atom stereocenters. The molecule has 1 unspecified atom stereocenters. The number of carbonyl (C=O) groups is 2. The second kappa shape index (κ2) is 12.3. The third-order valence-corrected chi connectivity index (χ3v) is 7.17. The molecule has 2 amide bonds. The molecule has 0 aromatic heterocycles. The van der Waals surface area contributed by atoms with Crippen molar-refractivity contribution >= 4 is 35.2 Å². The number of benzene rings is 2. The van der Waals surface area contributed by atoms with Gasteiger partial charge in [-0.15, -0.1) is 11.8 Å². The van der Waals surface area contributed by atoms with Gasteiger partial charge in [-0.2, -0.15) is 0 Å². The van der Waals surface area contributed by atoms with Crippen molar-refractivity contribution in [1.82, 2.24) is 10.2 Å². The topological polar surface area (TPSA) is 49.4 Å². The van der Waals surface area contributed by atoms with E-state index in [-0.39, 0.29) is 17.9 Å². The van der Waals surface area contributed by atoms with Gasteiger partial charge in [0.1, 0.15) is 6.04 Å². The number of aryl methyl sites for hydroxylation is 1. The Kier molecular flexibility index (Phi) is 9.49. The van der Waals surface area contributed by atoms with Gasteiger partial charge in [-0.3, -0.25) is 9.59 Å². The van der Waals surface area contributed by atoms with Gasteiger partial charge in [0.2, 0.25) is 11.8 Å². The van der Waals surface area contributed by atoms with E-state index >= 15 is 0 Å². The number of nitrogens with one attached hydrogen (secondary N) is 1. The molecule has 1 aliphatic rings. The number of hydrogen-bond donors (Lipinski definition) is 1. The SMILES string of the molecule is CCC(C(=O)NC1CCCC1)N(Cc1cccc(C)c1)C(=O)CSCc1ccc(Cl)cc1. The number of amides is 2. The summed E-state index contributed by atoms with van der Waals surface area (Å²) in [5.74, 6) is 1.04. The number of thioether (sulfide) groups is 1. The Morgan fingerprint density at radius 2 is 1.84 bits per heavy atom. The predicted molar refractivity (Wildman–Crippen MR) is 134 cm³/mol. The average Bonchev–Trinajstić information content (AvgIpc) is 3.28. The summed E-state index contributed by atoms with van der Waals surface area (Å²) in [5, 5.41) is 3.90. The van der Waals surface area contributed by atoms with Gasteiger partial charge in [0.05, 0.1) is 5.75 Å². The summed E-state index contributed by atoms with van der Waals surface area (Å²) in [6, 6.07) is 15.6. The van der Waals surface area contributed by atoms with Crippen LogP contribution in [0, 0.1) is 6.92 Å². The average molecular weight is 473 g/mol. The van der Waals surface area contributed by atoms with Crippen LogP contribution in [0.5, 0.6) is 0 Å². The Balaban J connectivity index is 1.69. The summed E-state index contributed by atoms with van der Waals surface area (Å²) in [5.41, 5.74) is 3.33. The molecular weight excluding hydrogens is 440 g/mol. The minimum Gasteiger partial charge on any atom is -0.352 e. The van der Waals surface area contributed by atoms with Crippen molar-refractivity contribution in [3.63, 3.8) is 0 Å². The van der Waals surface area contributed by atoms with Crippen LogP contribution in [0.15, 0.2) is 48.5 Å². The Hall–Kier alpha value is -1.98. The monoisotopic (exact) mass is 472 g/mol. The maximum atomic E-state index is 13.3. The van der Waals surface area contributed by atoms with Crippen LogP contribution >= 0.6 is 23.4 Å². The highest BCUT2D eigenvalue weighted by atomic mass is 35.5. The molecule has 0 radical (unpaired) electrons. The molecule has 6 heteroatoms. The van der Waals surface area contributed by atoms with E-state index in [0.29, 0.717) is 23.7 Å². The third-order valence-electron chi connectivity index (χ3n) is 5.93. The van der Waals surface area contributed by atoms with Crippen LogP contribution in [-0.2, 0) is 21.9 Å². The van der Waals surface area contributed by atoms with Crippen LogP contribution in [0.4, 0.5) is 0 Å². The van der Waals surface area contributed by atoms with E-state index in [9.17, 15) is 9.59 Å². The Bertz CT molecular complexity index is 897. The van der Waals surface area contributed by atoms with Crippen LogP contribution in [0.1, 0.15) is 55.7 Å². The van der Waals surface area contributed by atoms with Crippen molar-refractivity contribution in [1.29, 1.82) is 0 Å². The second-order valence-electron chi connectivity index (χ2n) is 8.54. The lowest BCUT2D eigenvalue weighted by molar-refractivity contribution is -0.139. The van der Waals surface area contributed by atoms with Crippen molar-refractivity contribution in [3.05, 3.63) is 70.2 Å². The van der Waals surface area contributed by atoms with Crippen molar-refractivity contribution in [2.45, 2.75) is 70.3 Å². The summed E-state index contributed by atoms with van der Waals surface area (Å²) in [4.78, 5) is 28.2. The van der Waals surface area contributed by atoms with E-state index in [0.717, 1.165) is 48.1 Å². The lowest BCUT2D eigenvalue weighted by atomic mass is 10.1. The fourth-order valence-electron chi connectivity index (χ4n) is 4.21. The molecular formula is C26H33ClN2O2S. The van der Waals surface area contributed by atoms with Crippen molar-refractivity contribution < 1.29 is 9.59 Å². The zero-order chi connectivity index (χ0) is 22.9. The van der Waals surface area contributed by atoms with Crippen molar-refractivity contribution in [2.24, 2.45) is 0 Å². The quantitative estimate of drug-likeness (QED) is 0.479. The molecule has 1 fully saturated rings. The van der Waals surface area contributed by atoms with Crippen LogP contribution in [0.3, 0.4) is 0 Å². The van der Waals surface area contributed by atoms with E-state index in [4.69, 9.17) is 11.6 Å². The van der Waals surface area contributed by atoms with E-state index in [1.54, 1.807) is 16.7 Å². The zero-order valence-electron chi connectivity index (χ0n) is 19.0. The molecule has 172 valence electrons. The highest BCUT2D eigenvalue weighted by Crippen LogP contribution is 2.21. The number of rotatable bonds is 10. The Labute approximate surface area is 201 Å². The minimum absolute atomic E-state index is 0.00103. The largest absolute Gasteiger partial charge is 0.352 e. The smallest absolute Gasteiger partial charge is 0.243 e. The first-order chi connectivity index (χ1) is 15.5. The molecule has 1 aliphatic carbocycles. The van der Waals surface area contributed by atoms with E-state index in [2.05, 4.69) is 11.4 Å². The van der Waals surface area contributed by atoms with Crippen LogP contribution in [0.25, 0.3) is 0 Å². The second-order valence-corrected chi connectivity index (χ2v) is 9.97. The number of halogens is 1. The van der Waals surface area contributed by atoms with Gasteiger partial charge in [-0.1, -0.05) is 73.3 Å². The molecule has 0 saturated heterocycles. The summed E-state index contributed by atoms with van der Waals surface area (Å²) in [7, 11) is 0. The van der Waals surface area contributed by atoms with Gasteiger partial charge in [0, 0.05) is 23.4 Å². The predicted octanol–water partition coefficient (Wildman–Crippen LogP) is 5.75. The van der Waals surface area contributed by atoms with Gasteiger partial charge >= 0.3 is 0 Å². The normalized spacial score (nSPS) is 14.8. The lowest BCUT2D eigenvalue weighted by Crippen LogP contribution is -2.51. The van der Waals surface area contributed by atoms with Gasteiger partial charge in [-0.05, 0) is 49.4 Å². The van der Waals surface area contributed by atoms with Crippen molar-refractivity contribution in [2.75, 3.05) is 5.75 Å². The molecule has 3 rings (SSSR count). The third kappa shape index (κ3) is 7.28. The van der Waals surface area contributed by atoms with Gasteiger partial charge in [0.15, 0.2) is 0 Å². The molecule has 0 aliphatic heterocycles. The van der Waals surface area contributed by atoms with Crippen LogP contribution in [0.2, 0.25) is 5.02 Å². The van der Waals surface area contributed by atoms with Crippen LogP contribution in [-0.4, -0.2) is 34.6 Å². The standard InChI is InChI=1S/C26H33ClN2O2S/c1-3-24(26(31)28-23-9-4-5-10-23)29(16-21-8-6-7-19(2)15-21)25(30)18-32-17-20-11-13-22(27)14-12-20/h6-8,11-15,23-24H,3-5,9-10,16-18H2,1-2H3,(H,28,31). The van der Waals surface area contributed by atoms with Crippen LogP contribution < -0.4 is 5.32 Å². The first-order valence-corrected chi connectivity index (χ1v) is 13.0. The minimum atomic E-state index is -0.459. The Morgan fingerprint density at radius 1 is 1.12 bits per heavy atom. The first kappa shape index (κ1) is 24.7. The molecule has 0 bridgehead atoms. The zero-order valence-corrected chi connectivity index (χ0v) is 20.6. The fraction of sp³-hybridized carbons (Fsp3) is 0.462. The maximum absolute atomic E-state index is 13.3. The number of carbonyl (C=O) groups excluding carboxylic acids is 2. The molecule has 1 saturated carbocycles. The summed E-state index contributed by atoms with van der Waals surface area (Å²) in [6.45, 7) is 4.47. The molecule has 0 heterocycles. The Morgan fingerprint density at radius 3 is 2.50 bits per heavy atom. The summed E-state index contributed by atoms with van der Waals surface area (Å²) >= 11 is 7.53. The summed E-state index contributed by atoms with van der Waals surface area (Å²) < 4.78 is 0. The van der Waals surface area contributed by atoms with Gasteiger partial charge in [-0.25, -0.2) is 0 Å². The fourth-order valence-corrected chi connectivity index (χ4v) is 5.21. The molecule has 32 heavy (non-hydrogen) atoms. The van der Waals surface area contributed by atoms with E-state index in [1.807, 2.05) is 56.3 Å². The molecule has 2 aromatic carbocycles. The van der Waals surface area contributed by atoms with Gasteiger partial charge < -0.3 is 10.2 Å². The highest BCUT2D eigenvalue weighted by Gasteiger charge is 2.30. The molecule has 4 nitrogen and oxygen atoms in total.